The third-order valence-corrected chi connectivity index (χ3v) is 4.59. The quantitative estimate of drug-likeness (QED) is 0.873. The Hall–Kier alpha value is -1.39. The first-order chi connectivity index (χ1) is 10.1. The van der Waals surface area contributed by atoms with Gasteiger partial charge in [0, 0.05) is 26.2 Å². The molecule has 1 aliphatic carbocycles. The molecule has 1 saturated carbocycles. The standard InChI is InChI=1S/C17H26N2O2/c1-17(10-6-9-15(17)18)16(20)19(11-12-21-2)13-14-7-4-3-5-8-14/h3-5,7-8,15H,6,9-13,18H2,1-2H3. The van der Waals surface area contributed by atoms with E-state index in [2.05, 4.69) is 0 Å². The van der Waals surface area contributed by atoms with Crippen LogP contribution in [0.25, 0.3) is 0 Å². The molecule has 1 aromatic rings. The summed E-state index contributed by atoms with van der Waals surface area (Å²) < 4.78 is 5.16. The highest BCUT2D eigenvalue weighted by molar-refractivity contribution is 5.83. The molecular weight excluding hydrogens is 264 g/mol. The van der Waals surface area contributed by atoms with Gasteiger partial charge in [-0.2, -0.15) is 0 Å². The van der Waals surface area contributed by atoms with Gasteiger partial charge in [0.1, 0.15) is 0 Å². The summed E-state index contributed by atoms with van der Waals surface area (Å²) in [5, 5.41) is 0. The molecule has 1 aromatic carbocycles. The van der Waals surface area contributed by atoms with Crippen LogP contribution in [0.1, 0.15) is 31.7 Å². The van der Waals surface area contributed by atoms with Gasteiger partial charge in [0.2, 0.25) is 5.91 Å². The van der Waals surface area contributed by atoms with E-state index in [1.807, 2.05) is 42.2 Å². The third-order valence-electron chi connectivity index (χ3n) is 4.59. The first-order valence-electron chi connectivity index (χ1n) is 7.66. The van der Waals surface area contributed by atoms with Gasteiger partial charge in [-0.15, -0.1) is 0 Å². The number of carbonyl (C=O) groups excluding carboxylic acids is 1. The Morgan fingerprint density at radius 3 is 2.71 bits per heavy atom. The Morgan fingerprint density at radius 2 is 2.14 bits per heavy atom. The number of methoxy groups -OCH3 is 1. The molecule has 0 spiro atoms. The molecule has 0 radical (unpaired) electrons. The van der Waals surface area contributed by atoms with Gasteiger partial charge in [0.05, 0.1) is 12.0 Å². The average Bonchev–Trinajstić information content (AvgIpc) is 2.84. The minimum absolute atomic E-state index is 0.0363. The van der Waals surface area contributed by atoms with E-state index in [-0.39, 0.29) is 11.9 Å². The lowest BCUT2D eigenvalue weighted by Crippen LogP contribution is -2.49. The van der Waals surface area contributed by atoms with Gasteiger partial charge in [-0.25, -0.2) is 0 Å². The van der Waals surface area contributed by atoms with Crippen molar-refractivity contribution in [1.29, 1.82) is 0 Å². The van der Waals surface area contributed by atoms with Crippen LogP contribution in [0.3, 0.4) is 0 Å². The highest BCUT2D eigenvalue weighted by atomic mass is 16.5. The van der Waals surface area contributed by atoms with Gasteiger partial charge >= 0.3 is 0 Å². The van der Waals surface area contributed by atoms with Crippen LogP contribution in [-0.2, 0) is 16.1 Å². The van der Waals surface area contributed by atoms with Crippen molar-refractivity contribution in [3.63, 3.8) is 0 Å². The van der Waals surface area contributed by atoms with Crippen LogP contribution in [0, 0.1) is 5.41 Å². The van der Waals surface area contributed by atoms with Gasteiger partial charge in [0.15, 0.2) is 0 Å². The number of benzene rings is 1. The number of nitrogens with two attached hydrogens (primary N) is 1. The van der Waals surface area contributed by atoms with Crippen molar-refractivity contribution in [2.24, 2.45) is 11.1 Å². The van der Waals surface area contributed by atoms with Crippen molar-refractivity contribution >= 4 is 5.91 Å². The lowest BCUT2D eigenvalue weighted by molar-refractivity contribution is -0.143. The summed E-state index contributed by atoms with van der Waals surface area (Å²) in [4.78, 5) is 14.9. The number of nitrogens with zero attached hydrogens (tertiary/aromatic N) is 1. The van der Waals surface area contributed by atoms with Crippen molar-refractivity contribution < 1.29 is 9.53 Å². The lowest BCUT2D eigenvalue weighted by Gasteiger charge is -2.34. The molecule has 0 heterocycles. The van der Waals surface area contributed by atoms with Crippen molar-refractivity contribution in [2.75, 3.05) is 20.3 Å². The van der Waals surface area contributed by atoms with E-state index < -0.39 is 5.41 Å². The van der Waals surface area contributed by atoms with Gasteiger partial charge in [-0.3, -0.25) is 4.79 Å². The second-order valence-corrected chi connectivity index (χ2v) is 6.12. The van der Waals surface area contributed by atoms with Gasteiger partial charge in [-0.05, 0) is 25.3 Å². The second-order valence-electron chi connectivity index (χ2n) is 6.12. The fourth-order valence-corrected chi connectivity index (χ4v) is 3.08. The lowest BCUT2D eigenvalue weighted by atomic mass is 9.83. The summed E-state index contributed by atoms with van der Waals surface area (Å²) in [6, 6.07) is 10.0. The fourth-order valence-electron chi connectivity index (χ4n) is 3.08. The molecule has 21 heavy (non-hydrogen) atoms. The SMILES string of the molecule is COCCN(Cc1ccccc1)C(=O)C1(C)CCCC1N. The molecule has 4 nitrogen and oxygen atoms in total. The number of carbonyl (C=O) groups is 1. The molecule has 116 valence electrons. The predicted molar refractivity (Wildman–Crippen MR) is 83.7 cm³/mol. The van der Waals surface area contributed by atoms with Crippen molar-refractivity contribution in [3.05, 3.63) is 35.9 Å². The molecule has 0 aliphatic heterocycles. The number of amides is 1. The molecule has 2 rings (SSSR count). The van der Waals surface area contributed by atoms with Crippen LogP contribution in [0.4, 0.5) is 0 Å². The maximum Gasteiger partial charge on any atom is 0.230 e. The van der Waals surface area contributed by atoms with Gasteiger partial charge in [0.25, 0.3) is 0 Å². The van der Waals surface area contributed by atoms with Crippen LogP contribution in [0.2, 0.25) is 0 Å². The molecule has 1 amide bonds. The zero-order valence-corrected chi connectivity index (χ0v) is 13.0. The van der Waals surface area contributed by atoms with Gasteiger partial charge in [-0.1, -0.05) is 36.8 Å². The first kappa shape index (κ1) is 16.0. The molecule has 2 atom stereocenters. The van der Waals surface area contributed by atoms with Crippen LogP contribution < -0.4 is 5.73 Å². The minimum Gasteiger partial charge on any atom is -0.383 e. The van der Waals surface area contributed by atoms with Crippen molar-refractivity contribution in [1.82, 2.24) is 4.90 Å². The third kappa shape index (κ3) is 3.63. The average molecular weight is 290 g/mol. The zero-order valence-electron chi connectivity index (χ0n) is 13.0. The number of hydrogen-bond acceptors (Lipinski definition) is 3. The topological polar surface area (TPSA) is 55.6 Å². The number of rotatable bonds is 6. The molecule has 0 bridgehead atoms. The van der Waals surface area contributed by atoms with E-state index in [4.69, 9.17) is 10.5 Å². The van der Waals surface area contributed by atoms with Crippen LogP contribution >= 0.6 is 0 Å². The molecule has 2 N–H and O–H groups in total. The monoisotopic (exact) mass is 290 g/mol. The van der Waals surface area contributed by atoms with E-state index in [9.17, 15) is 4.79 Å². The Kier molecular flexibility index (Phi) is 5.37. The highest BCUT2D eigenvalue weighted by Crippen LogP contribution is 2.38. The van der Waals surface area contributed by atoms with E-state index >= 15 is 0 Å². The Labute approximate surface area is 127 Å². The largest absolute Gasteiger partial charge is 0.383 e. The Bertz CT molecular complexity index is 463. The summed E-state index contributed by atoms with van der Waals surface area (Å²) in [6.07, 6.45) is 2.85. The second kappa shape index (κ2) is 7.05. The molecular formula is C17H26N2O2. The molecule has 4 heteroatoms. The van der Waals surface area contributed by atoms with Crippen LogP contribution in [-0.4, -0.2) is 37.1 Å². The van der Waals surface area contributed by atoms with E-state index in [0.29, 0.717) is 19.7 Å². The van der Waals surface area contributed by atoms with Crippen LogP contribution in [0.15, 0.2) is 30.3 Å². The molecule has 0 aromatic heterocycles. The van der Waals surface area contributed by atoms with E-state index in [0.717, 1.165) is 24.8 Å². The normalized spacial score (nSPS) is 25.0. The highest BCUT2D eigenvalue weighted by Gasteiger charge is 2.44. The predicted octanol–water partition coefficient (Wildman–Crippen LogP) is 2.18. The summed E-state index contributed by atoms with van der Waals surface area (Å²) >= 11 is 0. The number of ether oxygens (including phenoxy) is 1. The fraction of sp³-hybridized carbons (Fsp3) is 0.588. The van der Waals surface area contributed by atoms with Gasteiger partial charge < -0.3 is 15.4 Å². The summed E-state index contributed by atoms with van der Waals surface area (Å²) in [5.41, 5.74) is 6.90. The Morgan fingerprint density at radius 1 is 1.43 bits per heavy atom. The van der Waals surface area contributed by atoms with Crippen molar-refractivity contribution in [2.45, 2.75) is 38.8 Å². The molecule has 1 fully saturated rings. The zero-order chi connectivity index (χ0) is 15.3. The maximum atomic E-state index is 13.0. The van der Waals surface area contributed by atoms with Crippen LogP contribution in [0.5, 0.6) is 0 Å². The summed E-state index contributed by atoms with van der Waals surface area (Å²) in [7, 11) is 1.66. The summed E-state index contributed by atoms with van der Waals surface area (Å²) in [5.74, 6) is 0.161. The smallest absolute Gasteiger partial charge is 0.230 e. The minimum atomic E-state index is -0.428. The van der Waals surface area contributed by atoms with E-state index in [1.165, 1.54) is 0 Å². The molecule has 2 unspecified atom stereocenters. The first-order valence-corrected chi connectivity index (χ1v) is 7.66. The van der Waals surface area contributed by atoms with E-state index in [1.54, 1.807) is 7.11 Å². The van der Waals surface area contributed by atoms with Crippen molar-refractivity contribution in [3.8, 4) is 0 Å². The summed E-state index contributed by atoms with van der Waals surface area (Å²) in [6.45, 7) is 3.78. The molecule has 1 aliphatic rings. The maximum absolute atomic E-state index is 13.0. The molecule has 0 saturated heterocycles. The Balaban J connectivity index is 2.13. The number of hydrogen-bond donors (Lipinski definition) is 1.